The molecule has 0 unspecified atom stereocenters. The van der Waals surface area contributed by atoms with Gasteiger partial charge >= 0.3 is 5.97 Å². The zero-order valence-electron chi connectivity index (χ0n) is 20.7. The third-order valence-corrected chi connectivity index (χ3v) is 6.61. The normalized spacial score (nSPS) is 25.6. The van der Waals surface area contributed by atoms with E-state index in [2.05, 4.69) is 13.8 Å². The second-order valence-corrected chi connectivity index (χ2v) is 9.21. The van der Waals surface area contributed by atoms with Crippen LogP contribution in [-0.2, 0) is 22.4 Å². The predicted molar refractivity (Wildman–Crippen MR) is 128 cm³/mol. The van der Waals surface area contributed by atoms with Crippen LogP contribution < -0.4 is 14.2 Å². The highest BCUT2D eigenvalue weighted by atomic mass is 16.7. The van der Waals surface area contributed by atoms with Crippen molar-refractivity contribution in [1.82, 2.24) is 0 Å². The maximum absolute atomic E-state index is 11.4. The molecule has 10 nitrogen and oxygen atoms in total. The number of carboxylic acid groups (broad SMARTS) is 1. The van der Waals surface area contributed by atoms with Crippen molar-refractivity contribution in [3.63, 3.8) is 0 Å². The number of phenols is 1. The van der Waals surface area contributed by atoms with E-state index < -0.39 is 36.7 Å². The summed E-state index contributed by atoms with van der Waals surface area (Å²) >= 11 is 0. The van der Waals surface area contributed by atoms with E-state index in [1.165, 1.54) is 14.2 Å². The van der Waals surface area contributed by atoms with E-state index in [0.717, 1.165) is 17.5 Å². The molecule has 36 heavy (non-hydrogen) atoms. The van der Waals surface area contributed by atoms with Crippen LogP contribution in [0.2, 0.25) is 0 Å². The molecule has 2 aromatic carbocycles. The SMILES string of the molecule is COc1ccc(C[C@@H](C)[C@@H](C)Cc2ccc(OC)c(O[C@H]3O[C@@H](C(=O)O)[C@H](O)[C@@H](O)[C@@H]3O)c2)cc1O. The smallest absolute Gasteiger partial charge is 0.335 e. The van der Waals surface area contributed by atoms with Crippen LogP contribution in [0.3, 0.4) is 0 Å². The molecule has 1 fully saturated rings. The number of carbonyl (C=O) groups is 1. The average molecular weight is 507 g/mol. The molecule has 0 amide bonds. The van der Waals surface area contributed by atoms with E-state index in [0.29, 0.717) is 17.9 Å². The molecular formula is C26H34O10. The molecule has 0 spiro atoms. The second kappa shape index (κ2) is 11.8. The number of aromatic hydroxyl groups is 1. The van der Waals surface area contributed by atoms with Gasteiger partial charge in [-0.15, -0.1) is 0 Å². The highest BCUT2D eigenvalue weighted by Gasteiger charge is 2.48. The quantitative estimate of drug-likeness (QED) is 0.322. The Bertz CT molecular complexity index is 1040. The van der Waals surface area contributed by atoms with E-state index in [1.54, 1.807) is 24.3 Å². The molecule has 0 saturated carbocycles. The zero-order chi connectivity index (χ0) is 26.6. The van der Waals surface area contributed by atoms with Gasteiger partial charge in [-0.2, -0.15) is 0 Å². The Morgan fingerprint density at radius 2 is 1.42 bits per heavy atom. The Hall–Kier alpha value is -3.05. The summed E-state index contributed by atoms with van der Waals surface area (Å²) in [6.07, 6.45) is -7.12. The summed E-state index contributed by atoms with van der Waals surface area (Å²) in [5.74, 6) is 0.0654. The van der Waals surface area contributed by atoms with E-state index in [-0.39, 0.29) is 23.3 Å². The first-order valence-electron chi connectivity index (χ1n) is 11.7. The lowest BCUT2D eigenvalue weighted by Gasteiger charge is -2.38. The molecule has 10 heteroatoms. The zero-order valence-corrected chi connectivity index (χ0v) is 20.7. The molecule has 0 aromatic heterocycles. The first-order valence-corrected chi connectivity index (χ1v) is 11.7. The van der Waals surface area contributed by atoms with Gasteiger partial charge in [0.2, 0.25) is 6.29 Å². The van der Waals surface area contributed by atoms with E-state index in [4.69, 9.17) is 18.9 Å². The molecule has 0 aliphatic carbocycles. The molecular weight excluding hydrogens is 472 g/mol. The fourth-order valence-corrected chi connectivity index (χ4v) is 4.22. The van der Waals surface area contributed by atoms with Gasteiger partial charge in [0.05, 0.1) is 14.2 Å². The van der Waals surface area contributed by atoms with Gasteiger partial charge in [0, 0.05) is 0 Å². The van der Waals surface area contributed by atoms with Gasteiger partial charge in [0.1, 0.15) is 18.3 Å². The number of methoxy groups -OCH3 is 2. The van der Waals surface area contributed by atoms with Gasteiger partial charge in [-0.25, -0.2) is 4.79 Å². The summed E-state index contributed by atoms with van der Waals surface area (Å²) in [7, 11) is 2.94. The van der Waals surface area contributed by atoms with Crippen molar-refractivity contribution >= 4 is 5.97 Å². The van der Waals surface area contributed by atoms with Gasteiger partial charge in [0.15, 0.2) is 29.1 Å². The van der Waals surface area contributed by atoms with Crippen molar-refractivity contribution in [2.45, 2.75) is 57.4 Å². The minimum absolute atomic E-state index is 0.0988. The van der Waals surface area contributed by atoms with Gasteiger partial charge < -0.3 is 44.5 Å². The van der Waals surface area contributed by atoms with Crippen LogP contribution in [0.25, 0.3) is 0 Å². The van der Waals surface area contributed by atoms with Crippen LogP contribution in [0.4, 0.5) is 0 Å². The Kier molecular flexibility index (Phi) is 9.02. The number of hydrogen-bond acceptors (Lipinski definition) is 9. The van der Waals surface area contributed by atoms with Crippen molar-refractivity contribution < 1.29 is 49.3 Å². The molecule has 3 rings (SSSR count). The molecule has 0 radical (unpaired) electrons. The van der Waals surface area contributed by atoms with Gasteiger partial charge in [-0.1, -0.05) is 26.0 Å². The second-order valence-electron chi connectivity index (χ2n) is 9.21. The Morgan fingerprint density at radius 1 is 0.861 bits per heavy atom. The van der Waals surface area contributed by atoms with Crippen molar-refractivity contribution in [3.8, 4) is 23.0 Å². The third kappa shape index (κ3) is 6.19. The summed E-state index contributed by atoms with van der Waals surface area (Å²) < 4.78 is 21.4. The number of aliphatic hydroxyl groups excluding tert-OH is 3. The number of ether oxygens (including phenoxy) is 4. The molecule has 1 heterocycles. The van der Waals surface area contributed by atoms with Crippen molar-refractivity contribution in [2.75, 3.05) is 14.2 Å². The summed E-state index contributed by atoms with van der Waals surface area (Å²) in [6, 6.07) is 10.6. The molecule has 2 aromatic rings. The monoisotopic (exact) mass is 506 g/mol. The number of benzene rings is 2. The highest BCUT2D eigenvalue weighted by Crippen LogP contribution is 2.34. The van der Waals surface area contributed by atoms with Crippen molar-refractivity contribution in [1.29, 1.82) is 0 Å². The van der Waals surface area contributed by atoms with Crippen LogP contribution in [0.5, 0.6) is 23.0 Å². The van der Waals surface area contributed by atoms with E-state index in [9.17, 15) is 30.3 Å². The van der Waals surface area contributed by atoms with Crippen molar-refractivity contribution in [3.05, 3.63) is 47.5 Å². The third-order valence-electron chi connectivity index (χ3n) is 6.61. The van der Waals surface area contributed by atoms with Gasteiger partial charge in [0.25, 0.3) is 0 Å². The van der Waals surface area contributed by atoms with E-state index in [1.807, 2.05) is 12.1 Å². The summed E-state index contributed by atoms with van der Waals surface area (Å²) in [5.41, 5.74) is 1.90. The minimum atomic E-state index is -1.81. The maximum Gasteiger partial charge on any atom is 0.335 e. The first-order chi connectivity index (χ1) is 17.0. The lowest BCUT2D eigenvalue weighted by atomic mass is 9.85. The molecule has 0 bridgehead atoms. The summed E-state index contributed by atoms with van der Waals surface area (Å²) in [5, 5.41) is 49.6. The molecule has 5 N–H and O–H groups in total. The van der Waals surface area contributed by atoms with Crippen LogP contribution in [-0.4, -0.2) is 76.4 Å². The highest BCUT2D eigenvalue weighted by molar-refractivity contribution is 5.73. The number of phenolic OH excluding ortho intramolecular Hbond substituents is 1. The van der Waals surface area contributed by atoms with Gasteiger partial charge in [-0.3, -0.25) is 0 Å². The number of hydrogen-bond donors (Lipinski definition) is 5. The number of rotatable bonds is 10. The Labute approximate surface area is 209 Å². The molecule has 1 saturated heterocycles. The maximum atomic E-state index is 11.4. The Balaban J connectivity index is 1.72. The molecule has 1 aliphatic heterocycles. The number of aliphatic carboxylic acids is 1. The number of aliphatic hydroxyl groups is 3. The fourth-order valence-electron chi connectivity index (χ4n) is 4.22. The molecule has 1 aliphatic rings. The predicted octanol–water partition coefficient (Wildman–Crippen LogP) is 1.74. The van der Waals surface area contributed by atoms with Crippen LogP contribution >= 0.6 is 0 Å². The topological polar surface area (TPSA) is 155 Å². The van der Waals surface area contributed by atoms with Crippen molar-refractivity contribution in [2.24, 2.45) is 11.8 Å². The van der Waals surface area contributed by atoms with E-state index >= 15 is 0 Å². The summed E-state index contributed by atoms with van der Waals surface area (Å²) in [6.45, 7) is 4.24. The molecule has 198 valence electrons. The largest absolute Gasteiger partial charge is 0.504 e. The first kappa shape index (κ1) is 27.5. The average Bonchev–Trinajstić information content (AvgIpc) is 2.84. The molecule has 7 atom stereocenters. The number of carboxylic acids is 1. The minimum Gasteiger partial charge on any atom is -0.504 e. The van der Waals surface area contributed by atoms with Crippen LogP contribution in [0.15, 0.2) is 36.4 Å². The lowest BCUT2D eigenvalue weighted by Crippen LogP contribution is -2.61. The summed E-state index contributed by atoms with van der Waals surface area (Å²) in [4.78, 5) is 11.4. The van der Waals surface area contributed by atoms with Crippen LogP contribution in [0, 0.1) is 11.8 Å². The van der Waals surface area contributed by atoms with Gasteiger partial charge in [-0.05, 0) is 60.1 Å². The lowest BCUT2D eigenvalue weighted by molar-refractivity contribution is -0.271. The Morgan fingerprint density at radius 3 is 1.94 bits per heavy atom. The van der Waals surface area contributed by atoms with Crippen LogP contribution in [0.1, 0.15) is 25.0 Å². The standard InChI is InChI=1S/C26H34O10/c1-13(9-15-5-7-18(33-3)17(27)11-15)14(2)10-16-6-8-19(34-4)20(12-16)35-26-23(30)21(28)22(29)24(36-26)25(31)32/h5-8,11-14,21-24,26-30H,9-10H2,1-4H3,(H,31,32)/t13-,14+,21-,22-,23+,24-,26+/m1/s1. The fraction of sp³-hybridized carbons (Fsp3) is 0.500.